The van der Waals surface area contributed by atoms with E-state index in [-0.39, 0.29) is 11.2 Å². The summed E-state index contributed by atoms with van der Waals surface area (Å²) in [5.74, 6) is 0.112. The number of sulfonamides is 1. The van der Waals surface area contributed by atoms with Crippen LogP contribution in [0.5, 0.6) is 0 Å². The zero-order chi connectivity index (χ0) is 13.3. The van der Waals surface area contributed by atoms with Gasteiger partial charge in [-0.25, -0.2) is 8.42 Å². The summed E-state index contributed by atoms with van der Waals surface area (Å²) in [4.78, 5) is 0. The van der Waals surface area contributed by atoms with Crippen molar-refractivity contribution in [2.45, 2.75) is 20.8 Å². The summed E-state index contributed by atoms with van der Waals surface area (Å²) >= 11 is 0. The second-order valence-electron chi connectivity index (χ2n) is 5.38. The molecule has 1 aromatic carbocycles. The molecule has 0 aliphatic heterocycles. The van der Waals surface area contributed by atoms with Gasteiger partial charge in [-0.15, -0.1) is 0 Å². The van der Waals surface area contributed by atoms with Gasteiger partial charge in [0.25, 0.3) is 0 Å². The fourth-order valence-corrected chi connectivity index (χ4v) is 3.22. The van der Waals surface area contributed by atoms with Crippen LogP contribution in [0.15, 0.2) is 24.3 Å². The molecule has 0 bridgehead atoms. The van der Waals surface area contributed by atoms with Crippen molar-refractivity contribution in [1.29, 1.82) is 0 Å². The molecule has 0 atom stereocenters. The third-order valence-corrected chi connectivity index (χ3v) is 4.57. The highest BCUT2D eigenvalue weighted by Gasteiger charge is 2.25. The van der Waals surface area contributed by atoms with Crippen molar-refractivity contribution in [3.8, 4) is 0 Å². The van der Waals surface area contributed by atoms with Gasteiger partial charge in [0.1, 0.15) is 0 Å². The van der Waals surface area contributed by atoms with Crippen LogP contribution in [0.2, 0.25) is 0 Å². The molecule has 0 spiro atoms. The zero-order valence-electron chi connectivity index (χ0n) is 10.8. The maximum atomic E-state index is 12.1. The molecule has 0 saturated carbocycles. The highest BCUT2D eigenvalue weighted by Crippen LogP contribution is 2.23. The van der Waals surface area contributed by atoms with E-state index in [2.05, 4.69) is 0 Å². The molecule has 96 valence electrons. The number of nitrogens with zero attached hydrogens (tertiary/aromatic N) is 1. The molecule has 2 N–H and O–H groups in total. The van der Waals surface area contributed by atoms with E-state index in [1.165, 1.54) is 4.31 Å². The summed E-state index contributed by atoms with van der Waals surface area (Å²) in [5.41, 5.74) is 6.56. The van der Waals surface area contributed by atoms with Crippen molar-refractivity contribution in [3.63, 3.8) is 0 Å². The third-order valence-electron chi connectivity index (χ3n) is 2.29. The Hall–Kier alpha value is -1.23. The monoisotopic (exact) mass is 256 g/mol. The molecule has 17 heavy (non-hydrogen) atoms. The van der Waals surface area contributed by atoms with Gasteiger partial charge in [0.2, 0.25) is 10.0 Å². The number of nitrogen functional groups attached to an aromatic ring is 1. The Morgan fingerprint density at radius 1 is 1.18 bits per heavy atom. The molecule has 0 amide bonds. The molecule has 5 heteroatoms. The van der Waals surface area contributed by atoms with Crippen molar-refractivity contribution < 1.29 is 8.42 Å². The van der Waals surface area contributed by atoms with E-state index in [4.69, 9.17) is 5.73 Å². The first kappa shape index (κ1) is 13.8. The minimum atomic E-state index is -3.29. The first-order chi connectivity index (χ1) is 7.62. The van der Waals surface area contributed by atoms with E-state index in [9.17, 15) is 8.42 Å². The van der Waals surface area contributed by atoms with Crippen LogP contribution in [0, 0.1) is 5.41 Å². The van der Waals surface area contributed by atoms with Gasteiger partial charge >= 0.3 is 0 Å². The van der Waals surface area contributed by atoms with Crippen LogP contribution in [0.4, 0.5) is 11.4 Å². The Balaban J connectivity index is 2.97. The average molecular weight is 256 g/mol. The van der Waals surface area contributed by atoms with E-state index < -0.39 is 10.0 Å². The van der Waals surface area contributed by atoms with Crippen molar-refractivity contribution in [2.75, 3.05) is 22.8 Å². The Morgan fingerprint density at radius 2 is 1.65 bits per heavy atom. The average Bonchev–Trinajstić information content (AvgIpc) is 2.14. The van der Waals surface area contributed by atoms with Crippen LogP contribution >= 0.6 is 0 Å². The fraction of sp³-hybridized carbons (Fsp3) is 0.500. The lowest BCUT2D eigenvalue weighted by atomic mass is 10.0. The predicted molar refractivity (Wildman–Crippen MR) is 72.5 cm³/mol. The van der Waals surface area contributed by atoms with Gasteiger partial charge in [-0.2, -0.15) is 0 Å². The fourth-order valence-electron chi connectivity index (χ4n) is 1.49. The molecule has 0 saturated heterocycles. The Bertz CT molecular complexity index is 472. The van der Waals surface area contributed by atoms with Gasteiger partial charge in [-0.05, 0) is 29.7 Å². The summed E-state index contributed by atoms with van der Waals surface area (Å²) < 4.78 is 25.6. The minimum Gasteiger partial charge on any atom is -0.399 e. The van der Waals surface area contributed by atoms with Crippen LogP contribution in [0.1, 0.15) is 20.8 Å². The minimum absolute atomic E-state index is 0.112. The summed E-state index contributed by atoms with van der Waals surface area (Å²) in [6.07, 6.45) is 0. The van der Waals surface area contributed by atoms with Crippen molar-refractivity contribution >= 4 is 21.4 Å². The summed E-state index contributed by atoms with van der Waals surface area (Å²) in [7, 11) is -1.73. The summed E-state index contributed by atoms with van der Waals surface area (Å²) in [5, 5.41) is 0. The highest BCUT2D eigenvalue weighted by molar-refractivity contribution is 7.92. The first-order valence-electron chi connectivity index (χ1n) is 5.44. The Labute approximate surface area is 103 Å². The molecule has 0 heterocycles. The molecular weight excluding hydrogens is 236 g/mol. The lowest BCUT2D eigenvalue weighted by Gasteiger charge is -2.25. The first-order valence-corrected chi connectivity index (χ1v) is 7.05. The molecule has 0 fully saturated rings. The standard InChI is InChI=1S/C12H20N2O2S/c1-12(2,3)9-17(15,16)14(4)11-7-5-10(13)6-8-11/h5-8H,9,13H2,1-4H3. The topological polar surface area (TPSA) is 63.4 Å². The number of hydrogen-bond acceptors (Lipinski definition) is 3. The van der Waals surface area contributed by atoms with E-state index >= 15 is 0 Å². The number of benzene rings is 1. The van der Waals surface area contributed by atoms with Crippen molar-refractivity contribution in [2.24, 2.45) is 5.41 Å². The predicted octanol–water partition coefficient (Wildman–Crippen LogP) is 2.08. The van der Waals surface area contributed by atoms with Crippen LogP contribution in [-0.4, -0.2) is 21.2 Å². The van der Waals surface area contributed by atoms with Crippen LogP contribution in [0.3, 0.4) is 0 Å². The van der Waals surface area contributed by atoms with Gasteiger partial charge in [0.05, 0.1) is 11.4 Å². The smallest absolute Gasteiger partial charge is 0.235 e. The molecule has 0 unspecified atom stereocenters. The van der Waals surface area contributed by atoms with Crippen molar-refractivity contribution in [3.05, 3.63) is 24.3 Å². The zero-order valence-corrected chi connectivity index (χ0v) is 11.6. The number of hydrogen-bond donors (Lipinski definition) is 1. The van der Waals surface area contributed by atoms with Gasteiger partial charge in [-0.1, -0.05) is 20.8 Å². The lowest BCUT2D eigenvalue weighted by Crippen LogP contribution is -2.34. The molecule has 0 aliphatic carbocycles. The molecule has 0 radical (unpaired) electrons. The van der Waals surface area contributed by atoms with Crippen LogP contribution in [0.25, 0.3) is 0 Å². The molecule has 1 aromatic rings. The number of anilines is 2. The highest BCUT2D eigenvalue weighted by atomic mass is 32.2. The van der Waals surface area contributed by atoms with Crippen LogP contribution < -0.4 is 10.0 Å². The quantitative estimate of drug-likeness (QED) is 0.842. The van der Waals surface area contributed by atoms with Gasteiger partial charge < -0.3 is 5.73 Å². The second kappa shape index (κ2) is 4.56. The lowest BCUT2D eigenvalue weighted by molar-refractivity contribution is 0.461. The third kappa shape index (κ3) is 3.93. The Morgan fingerprint density at radius 3 is 2.06 bits per heavy atom. The number of rotatable bonds is 3. The van der Waals surface area contributed by atoms with E-state index in [1.54, 1.807) is 31.3 Å². The second-order valence-corrected chi connectivity index (χ2v) is 7.38. The van der Waals surface area contributed by atoms with E-state index in [1.807, 2.05) is 20.8 Å². The Kier molecular flexibility index (Phi) is 3.71. The SMILES string of the molecule is CN(c1ccc(N)cc1)S(=O)(=O)CC(C)(C)C. The van der Waals surface area contributed by atoms with E-state index in [0.717, 1.165) is 0 Å². The largest absolute Gasteiger partial charge is 0.399 e. The van der Waals surface area contributed by atoms with E-state index in [0.29, 0.717) is 11.4 Å². The molecular formula is C12H20N2O2S. The summed E-state index contributed by atoms with van der Waals surface area (Å²) in [6.45, 7) is 5.71. The molecule has 0 aromatic heterocycles. The van der Waals surface area contributed by atoms with Crippen molar-refractivity contribution in [1.82, 2.24) is 0 Å². The normalized spacial score (nSPS) is 12.5. The molecule has 4 nitrogen and oxygen atoms in total. The van der Waals surface area contributed by atoms with Gasteiger partial charge in [-0.3, -0.25) is 4.31 Å². The van der Waals surface area contributed by atoms with Gasteiger partial charge in [0, 0.05) is 12.7 Å². The molecule has 0 aliphatic rings. The van der Waals surface area contributed by atoms with Gasteiger partial charge in [0.15, 0.2) is 0 Å². The molecule has 1 rings (SSSR count). The maximum Gasteiger partial charge on any atom is 0.235 e. The van der Waals surface area contributed by atoms with Crippen LogP contribution in [-0.2, 0) is 10.0 Å². The number of nitrogens with two attached hydrogens (primary N) is 1. The maximum absolute atomic E-state index is 12.1. The summed E-state index contributed by atoms with van der Waals surface area (Å²) in [6, 6.07) is 6.79.